The molecule has 3 aromatic carbocycles. The molecule has 0 atom stereocenters. The molecule has 0 spiro atoms. The van der Waals surface area contributed by atoms with Crippen molar-refractivity contribution >= 4 is 0 Å². The number of benzene rings is 3. The van der Waals surface area contributed by atoms with E-state index < -0.39 is 11.9 Å². The lowest BCUT2D eigenvalue weighted by Gasteiger charge is -2.29. The molecule has 0 unspecified atom stereocenters. The van der Waals surface area contributed by atoms with E-state index >= 15 is 13.2 Å². The summed E-state index contributed by atoms with van der Waals surface area (Å²) in [4.78, 5) is 0. The molecule has 0 saturated heterocycles. The summed E-state index contributed by atoms with van der Waals surface area (Å²) in [6.07, 6.45) is 8.31. The summed E-state index contributed by atoms with van der Waals surface area (Å²) < 4.78 is 50.3. The molecule has 0 aromatic heterocycles. The number of unbranched alkanes of at least 4 members (excludes halogenated alkanes) is 7. The minimum absolute atomic E-state index is 0.221. The molecule has 1 aliphatic rings. The lowest BCUT2D eigenvalue weighted by atomic mass is 9.90. The number of alkyl halides is 2. The molecule has 192 valence electrons. The molecule has 0 N–H and O–H groups in total. The second-order valence-electron chi connectivity index (χ2n) is 9.97. The first-order valence-electron chi connectivity index (χ1n) is 13.6. The predicted molar refractivity (Wildman–Crippen MR) is 142 cm³/mol. The Labute approximate surface area is 213 Å². The monoisotopic (exact) mass is 494 g/mol. The fourth-order valence-electron chi connectivity index (χ4n) is 5.02. The number of hydrogen-bond donors (Lipinski definition) is 0. The van der Waals surface area contributed by atoms with Crippen LogP contribution >= 0.6 is 0 Å². The highest BCUT2D eigenvalue weighted by Crippen LogP contribution is 2.49. The molecule has 1 aliphatic heterocycles. The van der Waals surface area contributed by atoms with Crippen LogP contribution in [-0.2, 0) is 19.0 Å². The van der Waals surface area contributed by atoms with Crippen LogP contribution in [-0.4, -0.2) is 0 Å². The molecule has 0 bridgehead atoms. The summed E-state index contributed by atoms with van der Waals surface area (Å²) in [5.41, 5.74) is 3.75. The number of halogens is 3. The number of aryl methyl sites for hydroxylation is 2. The van der Waals surface area contributed by atoms with Crippen LogP contribution in [0, 0.1) is 5.82 Å². The van der Waals surface area contributed by atoms with Gasteiger partial charge >= 0.3 is 6.11 Å². The molecule has 36 heavy (non-hydrogen) atoms. The Kier molecular flexibility index (Phi) is 8.77. The molecule has 0 aliphatic carbocycles. The summed E-state index contributed by atoms with van der Waals surface area (Å²) in [5, 5.41) is 0. The van der Waals surface area contributed by atoms with E-state index in [4.69, 9.17) is 4.74 Å². The maximum atomic E-state index is 15.1. The fourth-order valence-corrected chi connectivity index (χ4v) is 5.02. The number of hydrogen-bond acceptors (Lipinski definition) is 1. The van der Waals surface area contributed by atoms with Gasteiger partial charge in [0.15, 0.2) is 11.6 Å². The lowest BCUT2D eigenvalue weighted by Crippen LogP contribution is -2.27. The van der Waals surface area contributed by atoms with E-state index in [2.05, 4.69) is 26.0 Å². The van der Waals surface area contributed by atoms with Crippen LogP contribution in [0.4, 0.5) is 13.2 Å². The van der Waals surface area contributed by atoms with E-state index in [1.54, 1.807) is 18.2 Å². The van der Waals surface area contributed by atoms with Gasteiger partial charge in [-0.3, -0.25) is 0 Å². The molecular formula is C32H37F3O. The van der Waals surface area contributed by atoms with E-state index in [1.165, 1.54) is 50.2 Å². The third-order valence-corrected chi connectivity index (χ3v) is 7.19. The van der Waals surface area contributed by atoms with Crippen molar-refractivity contribution in [2.24, 2.45) is 0 Å². The molecule has 4 rings (SSSR count). The third-order valence-electron chi connectivity index (χ3n) is 7.19. The zero-order valence-corrected chi connectivity index (χ0v) is 21.5. The zero-order chi connectivity index (χ0) is 25.5. The Morgan fingerprint density at radius 1 is 0.667 bits per heavy atom. The summed E-state index contributed by atoms with van der Waals surface area (Å²) in [6, 6.07) is 16.5. The summed E-state index contributed by atoms with van der Waals surface area (Å²) in [6.45, 7) is 4.30. The molecule has 1 heterocycles. The molecule has 3 aromatic rings. The van der Waals surface area contributed by atoms with Crippen LogP contribution in [0.3, 0.4) is 0 Å². The van der Waals surface area contributed by atoms with Crippen molar-refractivity contribution in [1.29, 1.82) is 0 Å². The Balaban J connectivity index is 1.52. The topological polar surface area (TPSA) is 9.23 Å². The number of ether oxygens (including phenoxy) is 1. The minimum atomic E-state index is -3.60. The highest BCUT2D eigenvalue weighted by molar-refractivity contribution is 5.80. The molecular weight excluding hydrogens is 457 g/mol. The molecule has 4 heteroatoms. The first-order valence-corrected chi connectivity index (χ1v) is 13.6. The summed E-state index contributed by atoms with van der Waals surface area (Å²) in [5.74, 6) is -1.01. The van der Waals surface area contributed by atoms with E-state index in [0.29, 0.717) is 28.7 Å². The van der Waals surface area contributed by atoms with Gasteiger partial charge in [0, 0.05) is 5.56 Å². The van der Waals surface area contributed by atoms with Gasteiger partial charge in [0.1, 0.15) is 0 Å². The van der Waals surface area contributed by atoms with E-state index in [1.807, 2.05) is 18.2 Å². The van der Waals surface area contributed by atoms with Gasteiger partial charge in [-0.05, 0) is 59.6 Å². The first-order chi connectivity index (χ1) is 17.4. The van der Waals surface area contributed by atoms with Crippen LogP contribution in [0.2, 0.25) is 0 Å². The second-order valence-corrected chi connectivity index (χ2v) is 9.97. The molecule has 1 nitrogen and oxygen atoms in total. The Hall–Kier alpha value is -2.75. The number of rotatable bonds is 12. The highest BCUT2D eigenvalue weighted by atomic mass is 19.3. The van der Waals surface area contributed by atoms with Crippen LogP contribution < -0.4 is 4.74 Å². The Morgan fingerprint density at radius 3 is 2.03 bits per heavy atom. The van der Waals surface area contributed by atoms with Gasteiger partial charge in [0.05, 0.1) is 5.56 Å². The normalized spacial score (nSPS) is 13.7. The third kappa shape index (κ3) is 5.96. The van der Waals surface area contributed by atoms with Crippen molar-refractivity contribution in [3.63, 3.8) is 0 Å². The maximum absolute atomic E-state index is 15.1. The highest BCUT2D eigenvalue weighted by Gasteiger charge is 2.43. The average molecular weight is 495 g/mol. The van der Waals surface area contributed by atoms with Crippen LogP contribution in [0.25, 0.3) is 22.3 Å². The fraction of sp³-hybridized carbons (Fsp3) is 0.438. The summed E-state index contributed by atoms with van der Waals surface area (Å²) >= 11 is 0. The van der Waals surface area contributed by atoms with Crippen molar-refractivity contribution in [3.05, 3.63) is 77.1 Å². The largest absolute Gasteiger partial charge is 0.427 e. The van der Waals surface area contributed by atoms with Crippen LogP contribution in [0.5, 0.6) is 5.75 Å². The maximum Gasteiger partial charge on any atom is 0.427 e. The summed E-state index contributed by atoms with van der Waals surface area (Å²) in [7, 11) is 0. The van der Waals surface area contributed by atoms with Gasteiger partial charge < -0.3 is 4.74 Å². The minimum Gasteiger partial charge on any atom is -0.425 e. The molecule has 0 saturated carbocycles. The van der Waals surface area contributed by atoms with Crippen molar-refractivity contribution < 1.29 is 17.9 Å². The predicted octanol–water partition coefficient (Wildman–Crippen LogP) is 10.2. The van der Waals surface area contributed by atoms with Gasteiger partial charge in [-0.15, -0.1) is 0 Å². The van der Waals surface area contributed by atoms with Gasteiger partial charge in [-0.1, -0.05) is 107 Å². The zero-order valence-electron chi connectivity index (χ0n) is 21.5. The standard InChI is InChI=1S/C32H37F3O/c1-3-5-7-8-9-11-12-23-14-16-24(17-15-23)26-19-20-27-28-21-18-25(13-10-6-4-2)30(33)31(28)36-32(34,35)29(27)22-26/h14-22H,3-13H2,1-2H3. The van der Waals surface area contributed by atoms with Crippen LogP contribution in [0.1, 0.15) is 88.3 Å². The number of fused-ring (bicyclic) bond motifs is 3. The SMILES string of the molecule is CCCCCCCCc1ccc(-c2ccc3c(c2)C(F)(F)Oc2c-3ccc(CCCCC)c2F)cc1. The van der Waals surface area contributed by atoms with E-state index in [0.717, 1.165) is 31.2 Å². The van der Waals surface area contributed by atoms with Crippen molar-refractivity contribution in [2.45, 2.75) is 90.6 Å². The van der Waals surface area contributed by atoms with Crippen LogP contribution in [0.15, 0.2) is 54.6 Å². The Morgan fingerprint density at radius 2 is 1.28 bits per heavy atom. The van der Waals surface area contributed by atoms with Crippen molar-refractivity contribution in [1.82, 2.24) is 0 Å². The van der Waals surface area contributed by atoms with Gasteiger partial charge in [0.25, 0.3) is 0 Å². The molecule has 0 fully saturated rings. The van der Waals surface area contributed by atoms with Gasteiger partial charge in [0.2, 0.25) is 0 Å². The van der Waals surface area contributed by atoms with Crippen molar-refractivity contribution in [2.75, 3.05) is 0 Å². The Bertz CT molecular complexity index is 1150. The lowest BCUT2D eigenvalue weighted by molar-refractivity contribution is -0.188. The van der Waals surface area contributed by atoms with Gasteiger partial charge in [-0.2, -0.15) is 8.78 Å². The molecule has 0 radical (unpaired) electrons. The van der Waals surface area contributed by atoms with E-state index in [-0.39, 0.29) is 11.3 Å². The van der Waals surface area contributed by atoms with Crippen molar-refractivity contribution in [3.8, 4) is 28.0 Å². The van der Waals surface area contributed by atoms with E-state index in [9.17, 15) is 0 Å². The smallest absolute Gasteiger partial charge is 0.425 e. The molecule has 0 amide bonds. The second kappa shape index (κ2) is 12.0. The average Bonchev–Trinajstić information content (AvgIpc) is 2.88. The first kappa shape index (κ1) is 26.3. The van der Waals surface area contributed by atoms with Gasteiger partial charge in [-0.25, -0.2) is 4.39 Å². The quantitative estimate of drug-likeness (QED) is 0.228.